The maximum atomic E-state index is 13.6. The summed E-state index contributed by atoms with van der Waals surface area (Å²) in [5.41, 5.74) is -0.360. The molecule has 1 rings (SSSR count). The molecule has 0 heterocycles. The number of aryl methyl sites for hydroxylation is 1. The third-order valence-electron chi connectivity index (χ3n) is 2.45. The highest BCUT2D eigenvalue weighted by Gasteiger charge is 2.20. The van der Waals surface area contributed by atoms with Gasteiger partial charge in [-0.15, -0.1) is 0 Å². The van der Waals surface area contributed by atoms with Crippen LogP contribution in [0.1, 0.15) is 29.3 Å². The van der Waals surface area contributed by atoms with Crippen molar-refractivity contribution in [3.63, 3.8) is 0 Å². The molecule has 0 fully saturated rings. The highest BCUT2D eigenvalue weighted by atomic mass is 19.1. The molecule has 1 atom stereocenters. The molecule has 0 bridgehead atoms. The van der Waals surface area contributed by atoms with Crippen molar-refractivity contribution in [2.45, 2.75) is 26.3 Å². The molecular formula is C12H15F2NO2. The van der Waals surface area contributed by atoms with Crippen LogP contribution in [0, 0.1) is 18.6 Å². The Hall–Kier alpha value is -1.49. The average molecular weight is 243 g/mol. The molecule has 0 saturated carbocycles. The van der Waals surface area contributed by atoms with Gasteiger partial charge >= 0.3 is 0 Å². The molecule has 94 valence electrons. The summed E-state index contributed by atoms with van der Waals surface area (Å²) in [7, 11) is 0. The second-order valence-corrected chi connectivity index (χ2v) is 3.94. The molecule has 17 heavy (non-hydrogen) atoms. The zero-order valence-electron chi connectivity index (χ0n) is 9.76. The van der Waals surface area contributed by atoms with Crippen molar-refractivity contribution in [3.05, 3.63) is 34.9 Å². The predicted octanol–water partition coefficient (Wildman–Crippen LogP) is 1.77. The average Bonchev–Trinajstić information content (AvgIpc) is 2.24. The number of aliphatic hydroxyl groups excluding tert-OH is 1. The summed E-state index contributed by atoms with van der Waals surface area (Å²) in [5.74, 6) is -2.54. The summed E-state index contributed by atoms with van der Waals surface area (Å²) >= 11 is 0. The fourth-order valence-electron chi connectivity index (χ4n) is 1.43. The SMILES string of the molecule is Cc1ccc(F)c(C(=O)NC(C)CCO)c1F. The Labute approximate surface area is 98.5 Å². The van der Waals surface area contributed by atoms with Crippen LogP contribution < -0.4 is 5.32 Å². The summed E-state index contributed by atoms with van der Waals surface area (Å²) < 4.78 is 27.0. The van der Waals surface area contributed by atoms with Crippen LogP contribution in [-0.2, 0) is 0 Å². The maximum Gasteiger partial charge on any atom is 0.257 e. The topological polar surface area (TPSA) is 49.3 Å². The molecule has 0 aliphatic rings. The smallest absolute Gasteiger partial charge is 0.257 e. The molecule has 0 saturated heterocycles. The number of rotatable bonds is 4. The van der Waals surface area contributed by atoms with Crippen molar-refractivity contribution >= 4 is 5.91 Å². The first-order valence-electron chi connectivity index (χ1n) is 5.33. The second-order valence-electron chi connectivity index (χ2n) is 3.94. The van der Waals surface area contributed by atoms with E-state index in [0.717, 1.165) is 6.07 Å². The van der Waals surface area contributed by atoms with Gasteiger partial charge in [0.25, 0.3) is 5.91 Å². The summed E-state index contributed by atoms with van der Waals surface area (Å²) in [6.07, 6.45) is 0.334. The van der Waals surface area contributed by atoms with Gasteiger partial charge in [-0.25, -0.2) is 8.78 Å². The molecular weight excluding hydrogens is 228 g/mol. The van der Waals surface area contributed by atoms with Gasteiger partial charge in [0.05, 0.1) is 0 Å². The van der Waals surface area contributed by atoms with Crippen LogP contribution in [0.25, 0.3) is 0 Å². The Bertz CT molecular complexity index is 421. The Morgan fingerprint density at radius 2 is 2.12 bits per heavy atom. The Morgan fingerprint density at radius 1 is 1.47 bits per heavy atom. The summed E-state index contributed by atoms with van der Waals surface area (Å²) in [4.78, 5) is 11.7. The fraction of sp³-hybridized carbons (Fsp3) is 0.417. The molecule has 0 aliphatic heterocycles. The number of benzene rings is 1. The number of halogens is 2. The van der Waals surface area contributed by atoms with Gasteiger partial charge in [-0.3, -0.25) is 4.79 Å². The maximum absolute atomic E-state index is 13.6. The lowest BCUT2D eigenvalue weighted by molar-refractivity contribution is 0.0925. The van der Waals surface area contributed by atoms with Gasteiger partial charge in [0.15, 0.2) is 0 Å². The highest BCUT2D eigenvalue weighted by Crippen LogP contribution is 2.16. The van der Waals surface area contributed by atoms with Gasteiger partial charge in [-0.1, -0.05) is 6.07 Å². The van der Waals surface area contributed by atoms with Crippen LogP contribution in [0.5, 0.6) is 0 Å². The Morgan fingerprint density at radius 3 is 2.71 bits per heavy atom. The molecule has 1 amide bonds. The molecule has 5 heteroatoms. The van der Waals surface area contributed by atoms with Gasteiger partial charge in [0, 0.05) is 12.6 Å². The van der Waals surface area contributed by atoms with E-state index in [-0.39, 0.29) is 18.2 Å². The van der Waals surface area contributed by atoms with Crippen LogP contribution in [0.2, 0.25) is 0 Å². The van der Waals surface area contributed by atoms with E-state index in [1.165, 1.54) is 13.0 Å². The number of amides is 1. The number of hydrogen-bond acceptors (Lipinski definition) is 2. The molecule has 0 aliphatic carbocycles. The zero-order valence-corrected chi connectivity index (χ0v) is 9.76. The van der Waals surface area contributed by atoms with Crippen molar-refractivity contribution in [3.8, 4) is 0 Å². The van der Waals surface area contributed by atoms with Gasteiger partial charge in [-0.2, -0.15) is 0 Å². The van der Waals surface area contributed by atoms with Gasteiger partial charge < -0.3 is 10.4 Å². The summed E-state index contributed by atoms with van der Waals surface area (Å²) in [6.45, 7) is 3.02. The Balaban J connectivity index is 2.93. The zero-order chi connectivity index (χ0) is 13.0. The van der Waals surface area contributed by atoms with Gasteiger partial charge in [0.2, 0.25) is 0 Å². The van der Waals surface area contributed by atoms with Crippen molar-refractivity contribution in [1.29, 1.82) is 0 Å². The first-order valence-corrected chi connectivity index (χ1v) is 5.33. The quantitative estimate of drug-likeness (QED) is 0.846. The molecule has 1 unspecified atom stereocenters. The van der Waals surface area contributed by atoms with E-state index >= 15 is 0 Å². The van der Waals surface area contributed by atoms with E-state index < -0.39 is 23.1 Å². The van der Waals surface area contributed by atoms with Crippen molar-refractivity contribution < 1.29 is 18.7 Å². The number of carbonyl (C=O) groups excluding carboxylic acids is 1. The largest absolute Gasteiger partial charge is 0.396 e. The van der Waals surface area contributed by atoms with Crippen LogP contribution in [0.3, 0.4) is 0 Å². The monoisotopic (exact) mass is 243 g/mol. The molecule has 1 aromatic rings. The molecule has 1 aromatic carbocycles. The lowest BCUT2D eigenvalue weighted by Gasteiger charge is -2.13. The van der Waals surface area contributed by atoms with Crippen molar-refractivity contribution in [2.24, 2.45) is 0 Å². The number of nitrogens with one attached hydrogen (secondary N) is 1. The van der Waals surface area contributed by atoms with Crippen LogP contribution in [0.15, 0.2) is 12.1 Å². The van der Waals surface area contributed by atoms with Crippen molar-refractivity contribution in [2.75, 3.05) is 6.61 Å². The minimum atomic E-state index is -0.887. The molecule has 2 N–H and O–H groups in total. The van der Waals surface area contributed by atoms with Crippen LogP contribution in [-0.4, -0.2) is 23.7 Å². The lowest BCUT2D eigenvalue weighted by atomic mass is 10.1. The van der Waals surface area contributed by atoms with Crippen LogP contribution >= 0.6 is 0 Å². The minimum absolute atomic E-state index is 0.0970. The standard InChI is InChI=1S/C12H15F2NO2/c1-7-3-4-9(13)10(11(7)14)12(17)15-8(2)5-6-16/h3-4,8,16H,5-6H2,1-2H3,(H,15,17). The van der Waals surface area contributed by atoms with E-state index in [9.17, 15) is 13.6 Å². The number of carbonyl (C=O) groups is 1. The van der Waals surface area contributed by atoms with E-state index in [1.54, 1.807) is 6.92 Å². The Kier molecular flexibility index (Phi) is 4.57. The first-order chi connectivity index (χ1) is 7.97. The van der Waals surface area contributed by atoms with Crippen molar-refractivity contribution in [1.82, 2.24) is 5.32 Å². The molecule has 0 spiro atoms. The van der Waals surface area contributed by atoms with Crippen LogP contribution in [0.4, 0.5) is 8.78 Å². The van der Waals surface area contributed by atoms with Gasteiger partial charge in [-0.05, 0) is 31.9 Å². The van der Waals surface area contributed by atoms with E-state index in [2.05, 4.69) is 5.32 Å². The first kappa shape index (κ1) is 13.6. The summed E-state index contributed by atoms with van der Waals surface area (Å²) in [6, 6.07) is 2.00. The fourth-order valence-corrected chi connectivity index (χ4v) is 1.43. The lowest BCUT2D eigenvalue weighted by Crippen LogP contribution is -2.34. The normalized spacial score (nSPS) is 12.3. The van der Waals surface area contributed by atoms with E-state index in [4.69, 9.17) is 5.11 Å². The predicted molar refractivity (Wildman–Crippen MR) is 59.7 cm³/mol. The summed E-state index contributed by atoms with van der Waals surface area (Å²) in [5, 5.41) is 11.1. The third-order valence-corrected chi connectivity index (χ3v) is 2.45. The molecule has 0 radical (unpaired) electrons. The van der Waals surface area contributed by atoms with Gasteiger partial charge in [0.1, 0.15) is 17.2 Å². The van der Waals surface area contributed by atoms with E-state index in [1.807, 2.05) is 0 Å². The molecule has 0 aromatic heterocycles. The molecule has 3 nitrogen and oxygen atoms in total. The van der Waals surface area contributed by atoms with E-state index in [0.29, 0.717) is 6.42 Å². The number of hydrogen-bond donors (Lipinski definition) is 2. The second kappa shape index (κ2) is 5.72. The number of aliphatic hydroxyl groups is 1. The highest BCUT2D eigenvalue weighted by molar-refractivity contribution is 5.95. The minimum Gasteiger partial charge on any atom is -0.396 e. The third kappa shape index (κ3) is 3.23.